The van der Waals surface area contributed by atoms with Crippen LogP contribution < -0.4 is 9.64 Å². The Morgan fingerprint density at radius 2 is 1.79 bits per heavy atom. The second kappa shape index (κ2) is 13.5. The molecule has 2 aromatic heterocycles. The fourth-order valence-electron chi connectivity index (χ4n) is 6.37. The lowest BCUT2D eigenvalue weighted by atomic mass is 9.81. The van der Waals surface area contributed by atoms with Crippen LogP contribution in [-0.2, 0) is 11.3 Å². The summed E-state index contributed by atoms with van der Waals surface area (Å²) in [5.74, 6) is 6.05. The summed E-state index contributed by atoms with van der Waals surface area (Å²) >= 11 is 2.75. The van der Waals surface area contributed by atoms with Crippen LogP contribution in [0.2, 0.25) is 0 Å². The van der Waals surface area contributed by atoms with E-state index in [1.54, 1.807) is 11.3 Å². The van der Waals surface area contributed by atoms with Crippen LogP contribution in [0.3, 0.4) is 0 Å². The number of amides is 1. The molecule has 1 saturated heterocycles. The molecule has 1 amide bonds. The highest BCUT2D eigenvalue weighted by molar-refractivity contribution is 7.15. The van der Waals surface area contributed by atoms with Crippen molar-refractivity contribution >= 4 is 40.2 Å². The van der Waals surface area contributed by atoms with E-state index in [9.17, 15) is 14.7 Å². The zero-order valence-corrected chi connectivity index (χ0v) is 27.1. The van der Waals surface area contributed by atoms with Crippen molar-refractivity contribution in [3.8, 4) is 17.0 Å². The Balaban J connectivity index is 1.32. The van der Waals surface area contributed by atoms with Crippen molar-refractivity contribution in [2.45, 2.75) is 111 Å². The third kappa shape index (κ3) is 7.94. The third-order valence-corrected chi connectivity index (χ3v) is 10.5. The molecule has 0 unspecified atom stereocenters. The number of hydrogen-bond donors (Lipinski definition) is 1. The largest absolute Gasteiger partial charge is 0.477 e. The van der Waals surface area contributed by atoms with Gasteiger partial charge in [-0.15, -0.1) is 11.3 Å². The van der Waals surface area contributed by atoms with Crippen LogP contribution in [-0.4, -0.2) is 52.1 Å². The van der Waals surface area contributed by atoms with Crippen molar-refractivity contribution < 1.29 is 19.4 Å². The number of rotatable bonds is 8. The minimum Gasteiger partial charge on any atom is -0.477 e. The Morgan fingerprint density at radius 3 is 2.43 bits per heavy atom. The number of anilines is 1. The minimum absolute atomic E-state index is 0.0501. The van der Waals surface area contributed by atoms with Crippen LogP contribution >= 0.6 is 22.7 Å². The van der Waals surface area contributed by atoms with Gasteiger partial charge in [0.1, 0.15) is 11.0 Å². The van der Waals surface area contributed by atoms with Gasteiger partial charge in [0, 0.05) is 29.3 Å². The van der Waals surface area contributed by atoms with Gasteiger partial charge in [0.05, 0.1) is 16.3 Å². The van der Waals surface area contributed by atoms with Gasteiger partial charge in [0.25, 0.3) is 5.19 Å². The fourth-order valence-corrected chi connectivity index (χ4v) is 7.94. The fraction of sp³-hybridized carbons (Fsp3) is 0.667. The number of carbonyl (C=O) groups excluding carboxylic acids is 1. The highest BCUT2D eigenvalue weighted by Crippen LogP contribution is 2.39. The van der Waals surface area contributed by atoms with Gasteiger partial charge >= 0.3 is 5.97 Å². The van der Waals surface area contributed by atoms with Crippen LogP contribution in [0, 0.1) is 29.1 Å². The first-order chi connectivity index (χ1) is 20.1. The molecule has 0 bridgehead atoms. The molecule has 2 aromatic rings. The number of ether oxygens (including phenoxy) is 1. The summed E-state index contributed by atoms with van der Waals surface area (Å²) in [6, 6.07) is 1.78. The number of aromatic nitrogens is 1. The molecule has 3 fully saturated rings. The van der Waals surface area contributed by atoms with E-state index < -0.39 is 5.97 Å². The van der Waals surface area contributed by atoms with Gasteiger partial charge in [-0.25, -0.2) is 9.78 Å². The normalized spacial score (nSPS) is 25.0. The highest BCUT2D eigenvalue weighted by Gasteiger charge is 2.38. The molecule has 42 heavy (non-hydrogen) atoms. The number of likely N-dealkylation sites (tertiary alicyclic amines) is 1. The van der Waals surface area contributed by atoms with Crippen molar-refractivity contribution in [2.75, 3.05) is 18.0 Å². The van der Waals surface area contributed by atoms with Crippen molar-refractivity contribution in [3.63, 3.8) is 0 Å². The molecule has 2 aliphatic carbocycles. The first-order valence-electron chi connectivity index (χ1n) is 15.6. The monoisotopic (exact) mass is 611 g/mol. The van der Waals surface area contributed by atoms with E-state index in [0.717, 1.165) is 81.9 Å². The van der Waals surface area contributed by atoms with Crippen molar-refractivity contribution in [1.29, 1.82) is 0 Å². The third-order valence-electron chi connectivity index (χ3n) is 8.72. The Morgan fingerprint density at radius 1 is 1.10 bits per heavy atom. The summed E-state index contributed by atoms with van der Waals surface area (Å²) < 4.78 is 6.33. The summed E-state index contributed by atoms with van der Waals surface area (Å²) in [6.45, 7) is 11.5. The number of carboxylic acid groups (broad SMARTS) is 1. The summed E-state index contributed by atoms with van der Waals surface area (Å²) in [7, 11) is 0. The van der Waals surface area contributed by atoms with Gasteiger partial charge < -0.3 is 14.7 Å². The summed E-state index contributed by atoms with van der Waals surface area (Å²) in [6.07, 6.45) is 9.53. The maximum absolute atomic E-state index is 14.2. The lowest BCUT2D eigenvalue weighted by Gasteiger charge is -2.39. The highest BCUT2D eigenvalue weighted by atomic mass is 32.1. The van der Waals surface area contributed by atoms with Crippen LogP contribution in [0.15, 0.2) is 11.4 Å². The molecule has 1 N–H and O–H groups in total. The Labute approximate surface area is 258 Å². The first kappa shape index (κ1) is 31.0. The second-order valence-corrected chi connectivity index (χ2v) is 15.3. The van der Waals surface area contributed by atoms with E-state index in [1.807, 2.05) is 31.7 Å². The van der Waals surface area contributed by atoms with E-state index in [1.165, 1.54) is 24.2 Å². The SMILES string of the molecule is CC(C)(C)C#Cc1cc(N(C(=O)[C@H]2CC[C@H](C)CC2)C2CCC(Oc3nc(CN4CCCC4)cs3)CC2)c(C(=O)O)s1. The predicted octanol–water partition coefficient (Wildman–Crippen LogP) is 7.45. The molecule has 3 aliphatic rings. The Bertz CT molecular complexity index is 1290. The minimum atomic E-state index is -1.00. The lowest BCUT2D eigenvalue weighted by Crippen LogP contribution is -2.47. The number of carbonyl (C=O) groups is 2. The van der Waals surface area contributed by atoms with Crippen molar-refractivity contribution in [2.24, 2.45) is 17.3 Å². The number of hydrogen-bond acceptors (Lipinski definition) is 7. The first-order valence-corrected chi connectivity index (χ1v) is 17.3. The van der Waals surface area contributed by atoms with Gasteiger partial charge in [-0.05, 0) is 110 Å². The van der Waals surface area contributed by atoms with Gasteiger partial charge in [0.2, 0.25) is 5.91 Å². The maximum Gasteiger partial charge on any atom is 0.348 e. The standard InChI is InChI=1S/C33H45N3O4S2/c1-22-7-9-23(10-8-22)30(37)36(28-19-27(15-16-33(2,3)4)42-29(28)31(38)39)25-11-13-26(14-12-25)40-32-34-24(21-41-32)20-35-17-5-6-18-35/h19,21-23,25-26H,5-14,17-18,20H2,1-4H3,(H,38,39)/t22-,23-,25?,26?. The molecular weight excluding hydrogens is 567 g/mol. The number of thiophene rings is 1. The van der Waals surface area contributed by atoms with E-state index in [0.29, 0.717) is 16.5 Å². The number of aromatic carboxylic acids is 1. The Hall–Kier alpha value is -2.41. The molecule has 5 rings (SSSR count). The molecule has 228 valence electrons. The average Bonchev–Trinajstić information content (AvgIpc) is 3.71. The quantitative estimate of drug-likeness (QED) is 0.312. The molecule has 7 nitrogen and oxygen atoms in total. The second-order valence-electron chi connectivity index (χ2n) is 13.4. The Kier molecular flexibility index (Phi) is 9.96. The molecule has 9 heteroatoms. The molecule has 3 heterocycles. The van der Waals surface area contributed by atoms with Crippen molar-refractivity contribution in [1.82, 2.24) is 9.88 Å². The van der Waals surface area contributed by atoms with Gasteiger partial charge in [0.15, 0.2) is 0 Å². The lowest BCUT2D eigenvalue weighted by molar-refractivity contribution is -0.124. The van der Waals surface area contributed by atoms with Crippen LogP contribution in [0.25, 0.3) is 0 Å². The van der Waals surface area contributed by atoms with Crippen molar-refractivity contribution in [3.05, 3.63) is 26.9 Å². The molecule has 0 aromatic carbocycles. The zero-order chi connectivity index (χ0) is 29.9. The average molecular weight is 612 g/mol. The summed E-state index contributed by atoms with van der Waals surface area (Å²) in [5.41, 5.74) is 1.39. The maximum atomic E-state index is 14.2. The number of carboxylic acids is 1. The van der Waals surface area contributed by atoms with E-state index in [-0.39, 0.29) is 34.3 Å². The molecular formula is C33H45N3O4S2. The van der Waals surface area contributed by atoms with Crippen LogP contribution in [0.5, 0.6) is 5.19 Å². The molecule has 1 aliphatic heterocycles. The smallest absolute Gasteiger partial charge is 0.348 e. The summed E-state index contributed by atoms with van der Waals surface area (Å²) in [5, 5.41) is 13.0. The molecule has 0 radical (unpaired) electrons. The predicted molar refractivity (Wildman–Crippen MR) is 170 cm³/mol. The zero-order valence-electron chi connectivity index (χ0n) is 25.5. The molecule has 2 saturated carbocycles. The van der Waals surface area contributed by atoms with Crippen LogP contribution in [0.4, 0.5) is 5.69 Å². The van der Waals surface area contributed by atoms with Gasteiger partial charge in [-0.2, -0.15) is 0 Å². The molecule has 0 atom stereocenters. The number of thiazole rings is 1. The van der Waals surface area contributed by atoms with E-state index in [4.69, 9.17) is 9.72 Å². The van der Waals surface area contributed by atoms with Gasteiger partial charge in [-0.1, -0.05) is 30.1 Å². The topological polar surface area (TPSA) is 83.0 Å². The van der Waals surface area contributed by atoms with E-state index in [2.05, 4.69) is 29.0 Å². The van der Waals surface area contributed by atoms with Crippen LogP contribution in [0.1, 0.15) is 112 Å². The van der Waals surface area contributed by atoms with Gasteiger partial charge in [-0.3, -0.25) is 9.69 Å². The number of nitrogens with zero attached hydrogens (tertiary/aromatic N) is 3. The summed E-state index contributed by atoms with van der Waals surface area (Å²) in [4.78, 5) is 36.6. The molecule has 0 spiro atoms. The van der Waals surface area contributed by atoms with E-state index >= 15 is 0 Å².